The van der Waals surface area contributed by atoms with Crippen LogP contribution in [0.5, 0.6) is 0 Å². The molecule has 6 nitrogen and oxygen atoms in total. The zero-order valence-corrected chi connectivity index (χ0v) is 7.68. The Hall–Kier alpha value is -1.72. The summed E-state index contributed by atoms with van der Waals surface area (Å²) in [6.45, 7) is 2.71. The Morgan fingerprint density at radius 1 is 1.62 bits per heavy atom. The van der Waals surface area contributed by atoms with Gasteiger partial charge in [-0.05, 0) is 6.92 Å². The highest BCUT2D eigenvalue weighted by molar-refractivity contribution is 5.75. The maximum atomic E-state index is 5.41. The SMILES string of the molecule is CCN(/C=N\C)c1ncnc(N)n1. The highest BCUT2D eigenvalue weighted by Crippen LogP contribution is 2.03. The Labute approximate surface area is 76.5 Å². The monoisotopic (exact) mass is 180 g/mol. The molecule has 1 rings (SSSR count). The van der Waals surface area contributed by atoms with Crippen molar-refractivity contribution in [3.8, 4) is 0 Å². The zero-order chi connectivity index (χ0) is 9.68. The average Bonchev–Trinajstić information content (AvgIpc) is 2.14. The Bertz CT molecular complexity index is 297. The highest BCUT2D eigenvalue weighted by atomic mass is 15.3. The first-order chi connectivity index (χ1) is 6.27. The summed E-state index contributed by atoms with van der Waals surface area (Å²) in [5.41, 5.74) is 5.41. The lowest BCUT2D eigenvalue weighted by molar-refractivity contribution is 0.955. The van der Waals surface area contributed by atoms with Crippen molar-refractivity contribution in [1.82, 2.24) is 15.0 Å². The molecule has 70 valence electrons. The highest BCUT2D eigenvalue weighted by Gasteiger charge is 2.04. The quantitative estimate of drug-likeness (QED) is 0.520. The van der Waals surface area contributed by atoms with Gasteiger partial charge in [-0.3, -0.25) is 4.99 Å². The third-order valence-electron chi connectivity index (χ3n) is 1.43. The minimum absolute atomic E-state index is 0.216. The summed E-state index contributed by atoms with van der Waals surface area (Å²) >= 11 is 0. The van der Waals surface area contributed by atoms with Gasteiger partial charge >= 0.3 is 0 Å². The van der Waals surface area contributed by atoms with Gasteiger partial charge in [-0.2, -0.15) is 4.98 Å². The summed E-state index contributed by atoms with van der Waals surface area (Å²) in [4.78, 5) is 17.3. The first kappa shape index (κ1) is 9.37. The van der Waals surface area contributed by atoms with Crippen molar-refractivity contribution in [2.24, 2.45) is 4.99 Å². The average molecular weight is 180 g/mol. The van der Waals surface area contributed by atoms with Crippen LogP contribution >= 0.6 is 0 Å². The molecular formula is C7H12N6. The fourth-order valence-electron chi connectivity index (χ4n) is 0.852. The van der Waals surface area contributed by atoms with Gasteiger partial charge in [-0.25, -0.2) is 9.97 Å². The van der Waals surface area contributed by atoms with Gasteiger partial charge in [0.2, 0.25) is 11.9 Å². The number of hydrogen-bond donors (Lipinski definition) is 1. The van der Waals surface area contributed by atoms with Crippen molar-refractivity contribution in [1.29, 1.82) is 0 Å². The summed E-state index contributed by atoms with van der Waals surface area (Å²) in [5.74, 6) is 0.730. The van der Waals surface area contributed by atoms with E-state index in [2.05, 4.69) is 19.9 Å². The van der Waals surface area contributed by atoms with Crippen LogP contribution < -0.4 is 10.6 Å². The number of nitrogens with two attached hydrogens (primary N) is 1. The van der Waals surface area contributed by atoms with E-state index in [0.717, 1.165) is 6.54 Å². The minimum Gasteiger partial charge on any atom is -0.368 e. The van der Waals surface area contributed by atoms with Crippen molar-refractivity contribution in [2.45, 2.75) is 6.92 Å². The van der Waals surface area contributed by atoms with Crippen molar-refractivity contribution in [3.63, 3.8) is 0 Å². The summed E-state index contributed by atoms with van der Waals surface area (Å²) in [7, 11) is 1.69. The molecule has 0 aromatic carbocycles. The van der Waals surface area contributed by atoms with Crippen LogP contribution in [-0.2, 0) is 0 Å². The molecule has 0 amide bonds. The molecule has 0 unspecified atom stereocenters. The maximum Gasteiger partial charge on any atom is 0.235 e. The van der Waals surface area contributed by atoms with E-state index in [9.17, 15) is 0 Å². The molecule has 0 atom stereocenters. The molecule has 2 N–H and O–H groups in total. The maximum absolute atomic E-state index is 5.41. The lowest BCUT2D eigenvalue weighted by atomic mass is 10.6. The normalized spacial score (nSPS) is 10.6. The molecule has 1 aromatic rings. The first-order valence-corrected chi connectivity index (χ1v) is 3.91. The first-order valence-electron chi connectivity index (χ1n) is 3.91. The van der Waals surface area contributed by atoms with Gasteiger partial charge in [0.05, 0.1) is 6.34 Å². The second-order valence-electron chi connectivity index (χ2n) is 2.30. The molecule has 1 heterocycles. The summed E-state index contributed by atoms with van der Waals surface area (Å²) < 4.78 is 0. The van der Waals surface area contributed by atoms with E-state index in [0.29, 0.717) is 5.95 Å². The molecule has 0 radical (unpaired) electrons. The van der Waals surface area contributed by atoms with E-state index in [-0.39, 0.29) is 5.95 Å². The molecule has 0 aliphatic carbocycles. The van der Waals surface area contributed by atoms with Crippen LogP contribution in [0.1, 0.15) is 6.92 Å². The summed E-state index contributed by atoms with van der Waals surface area (Å²) in [6, 6.07) is 0. The van der Waals surface area contributed by atoms with Crippen molar-refractivity contribution in [3.05, 3.63) is 6.33 Å². The number of aromatic nitrogens is 3. The molecule has 0 saturated carbocycles. The van der Waals surface area contributed by atoms with Crippen LogP contribution in [-0.4, -0.2) is 34.9 Å². The van der Waals surface area contributed by atoms with Crippen molar-refractivity contribution in [2.75, 3.05) is 24.2 Å². The second kappa shape index (κ2) is 4.34. The van der Waals surface area contributed by atoms with Gasteiger partial charge in [0.25, 0.3) is 0 Å². The van der Waals surface area contributed by atoms with Crippen LogP contribution in [0.15, 0.2) is 11.3 Å². The Morgan fingerprint density at radius 3 is 2.92 bits per heavy atom. The topological polar surface area (TPSA) is 80.3 Å². The van der Waals surface area contributed by atoms with E-state index >= 15 is 0 Å². The van der Waals surface area contributed by atoms with E-state index in [1.54, 1.807) is 18.3 Å². The number of nitrogens with zero attached hydrogens (tertiary/aromatic N) is 5. The van der Waals surface area contributed by atoms with Gasteiger partial charge in [0.1, 0.15) is 6.33 Å². The van der Waals surface area contributed by atoms with Gasteiger partial charge < -0.3 is 10.6 Å². The van der Waals surface area contributed by atoms with Gasteiger partial charge in [0.15, 0.2) is 0 Å². The third kappa shape index (κ3) is 2.36. The van der Waals surface area contributed by atoms with E-state index in [4.69, 9.17) is 5.73 Å². The number of nitrogen functional groups attached to an aromatic ring is 1. The van der Waals surface area contributed by atoms with Crippen LogP contribution in [0.2, 0.25) is 0 Å². The van der Waals surface area contributed by atoms with Crippen LogP contribution in [0.25, 0.3) is 0 Å². The fourth-order valence-corrected chi connectivity index (χ4v) is 0.852. The van der Waals surface area contributed by atoms with Gasteiger partial charge in [0, 0.05) is 13.6 Å². The number of anilines is 2. The third-order valence-corrected chi connectivity index (χ3v) is 1.43. The summed E-state index contributed by atoms with van der Waals surface area (Å²) in [5, 5.41) is 0. The number of aliphatic imine (C=N–C) groups is 1. The minimum atomic E-state index is 0.216. The largest absolute Gasteiger partial charge is 0.368 e. The standard InChI is InChI=1S/C7H12N6/c1-3-13(5-9-2)7-11-4-10-6(8)12-7/h4-5H,3H2,1-2H3,(H2,8,10,11,12)/b9-5-. The molecule has 1 aromatic heterocycles. The van der Waals surface area contributed by atoms with Gasteiger partial charge in [-0.15, -0.1) is 0 Å². The Balaban J connectivity index is 2.91. The summed E-state index contributed by atoms with van der Waals surface area (Å²) in [6.07, 6.45) is 3.03. The van der Waals surface area contributed by atoms with E-state index < -0.39 is 0 Å². The molecule has 0 saturated heterocycles. The van der Waals surface area contributed by atoms with Crippen LogP contribution in [0.4, 0.5) is 11.9 Å². The Kier molecular flexibility index (Phi) is 3.13. The predicted molar refractivity (Wildman–Crippen MR) is 51.7 cm³/mol. The molecule has 13 heavy (non-hydrogen) atoms. The molecule has 0 aliphatic rings. The fraction of sp³-hybridized carbons (Fsp3) is 0.429. The number of rotatable bonds is 3. The molecule has 0 aliphatic heterocycles. The van der Waals surface area contributed by atoms with Crippen molar-refractivity contribution < 1.29 is 0 Å². The lowest BCUT2D eigenvalue weighted by Gasteiger charge is -2.13. The predicted octanol–water partition coefficient (Wildman–Crippen LogP) is -0.0618. The van der Waals surface area contributed by atoms with Gasteiger partial charge in [-0.1, -0.05) is 0 Å². The molecule has 6 heteroatoms. The molecule has 0 fully saturated rings. The lowest BCUT2D eigenvalue weighted by Crippen LogP contribution is -2.23. The van der Waals surface area contributed by atoms with E-state index in [1.807, 2.05) is 6.92 Å². The number of hydrogen-bond acceptors (Lipinski definition) is 5. The van der Waals surface area contributed by atoms with E-state index in [1.165, 1.54) is 6.33 Å². The second-order valence-corrected chi connectivity index (χ2v) is 2.30. The zero-order valence-electron chi connectivity index (χ0n) is 7.68. The van der Waals surface area contributed by atoms with Crippen molar-refractivity contribution >= 4 is 18.2 Å². The smallest absolute Gasteiger partial charge is 0.235 e. The molecule has 0 spiro atoms. The van der Waals surface area contributed by atoms with Crippen LogP contribution in [0.3, 0.4) is 0 Å². The Morgan fingerprint density at radius 2 is 2.38 bits per heavy atom. The van der Waals surface area contributed by atoms with Crippen LogP contribution in [0, 0.1) is 0 Å². The molecule has 0 bridgehead atoms. The molecular weight excluding hydrogens is 168 g/mol.